The Kier molecular flexibility index (Phi) is 5.63. The summed E-state index contributed by atoms with van der Waals surface area (Å²) in [5.41, 5.74) is 0.912. The van der Waals surface area contributed by atoms with Gasteiger partial charge in [0.15, 0.2) is 0 Å². The lowest BCUT2D eigenvalue weighted by Gasteiger charge is -2.07. The van der Waals surface area contributed by atoms with E-state index >= 15 is 0 Å². The van der Waals surface area contributed by atoms with Crippen molar-refractivity contribution in [1.29, 1.82) is 0 Å². The van der Waals surface area contributed by atoms with E-state index in [1.807, 2.05) is 0 Å². The Morgan fingerprint density at radius 3 is 2.71 bits per heavy atom. The van der Waals surface area contributed by atoms with Crippen LogP contribution in [0.4, 0.5) is 4.39 Å². The monoisotopic (exact) mass is 238 g/mol. The molecule has 0 aromatic heterocycles. The maximum atomic E-state index is 13.5. The second kappa shape index (κ2) is 7.01. The molecular formula is C13H19FN2O. The molecule has 1 amide bonds. The van der Waals surface area contributed by atoms with Gasteiger partial charge in [-0.1, -0.05) is 13.0 Å². The Labute approximate surface area is 101 Å². The summed E-state index contributed by atoms with van der Waals surface area (Å²) < 4.78 is 13.5. The highest BCUT2D eigenvalue weighted by Crippen LogP contribution is 2.09. The Morgan fingerprint density at radius 2 is 2.06 bits per heavy atom. The molecule has 0 fully saturated rings. The van der Waals surface area contributed by atoms with Crippen molar-refractivity contribution < 1.29 is 9.18 Å². The number of carbonyl (C=O) groups excluding carboxylic acids is 1. The molecule has 0 bridgehead atoms. The summed E-state index contributed by atoms with van der Waals surface area (Å²) >= 11 is 0. The van der Waals surface area contributed by atoms with Crippen LogP contribution in [-0.2, 0) is 0 Å². The van der Waals surface area contributed by atoms with E-state index < -0.39 is 5.82 Å². The summed E-state index contributed by atoms with van der Waals surface area (Å²) in [6.45, 7) is 6.00. The van der Waals surface area contributed by atoms with E-state index in [-0.39, 0.29) is 11.5 Å². The lowest BCUT2D eigenvalue weighted by molar-refractivity contribution is 0.0950. The van der Waals surface area contributed by atoms with Gasteiger partial charge in [0.2, 0.25) is 0 Å². The highest BCUT2D eigenvalue weighted by molar-refractivity contribution is 5.94. The summed E-state index contributed by atoms with van der Waals surface area (Å²) in [5.74, 6) is -0.829. The number of carbonyl (C=O) groups is 1. The molecule has 94 valence electrons. The summed E-state index contributed by atoms with van der Waals surface area (Å²) in [6.07, 6.45) is 1.06. The molecular weight excluding hydrogens is 219 g/mol. The van der Waals surface area contributed by atoms with Crippen LogP contribution in [0, 0.1) is 12.7 Å². The van der Waals surface area contributed by atoms with Gasteiger partial charge >= 0.3 is 0 Å². The van der Waals surface area contributed by atoms with Crippen molar-refractivity contribution in [3.05, 3.63) is 35.1 Å². The fourth-order valence-electron chi connectivity index (χ4n) is 1.47. The van der Waals surface area contributed by atoms with Gasteiger partial charge in [0.05, 0.1) is 5.56 Å². The molecule has 1 rings (SSSR count). The highest BCUT2D eigenvalue weighted by atomic mass is 19.1. The SMILES string of the molecule is CCCNCCNC(=O)c1ccc(C)cc1F. The molecule has 4 heteroatoms. The number of rotatable bonds is 6. The number of hydrogen-bond donors (Lipinski definition) is 2. The first-order chi connectivity index (χ1) is 8.15. The van der Waals surface area contributed by atoms with Gasteiger partial charge in [-0.05, 0) is 37.6 Å². The number of amides is 1. The van der Waals surface area contributed by atoms with Crippen LogP contribution < -0.4 is 10.6 Å². The number of hydrogen-bond acceptors (Lipinski definition) is 2. The van der Waals surface area contributed by atoms with Crippen LogP contribution in [0.1, 0.15) is 29.3 Å². The molecule has 0 aliphatic heterocycles. The molecule has 0 atom stereocenters. The van der Waals surface area contributed by atoms with Crippen molar-refractivity contribution in [3.8, 4) is 0 Å². The zero-order valence-corrected chi connectivity index (χ0v) is 10.3. The first-order valence-electron chi connectivity index (χ1n) is 5.90. The van der Waals surface area contributed by atoms with E-state index in [1.165, 1.54) is 12.1 Å². The lowest BCUT2D eigenvalue weighted by Crippen LogP contribution is -2.32. The average Bonchev–Trinajstić information content (AvgIpc) is 2.28. The molecule has 0 unspecified atom stereocenters. The summed E-state index contributed by atoms with van der Waals surface area (Å²) in [7, 11) is 0. The zero-order valence-electron chi connectivity index (χ0n) is 10.3. The van der Waals surface area contributed by atoms with Gasteiger partial charge in [0, 0.05) is 13.1 Å². The van der Waals surface area contributed by atoms with Gasteiger partial charge in [0.1, 0.15) is 5.82 Å². The molecule has 0 aliphatic rings. The number of aryl methyl sites for hydroxylation is 1. The zero-order chi connectivity index (χ0) is 12.7. The molecule has 0 heterocycles. The smallest absolute Gasteiger partial charge is 0.254 e. The molecule has 1 aromatic rings. The predicted molar refractivity (Wildman–Crippen MR) is 66.6 cm³/mol. The molecule has 17 heavy (non-hydrogen) atoms. The van der Waals surface area contributed by atoms with Crippen LogP contribution in [0.25, 0.3) is 0 Å². The van der Waals surface area contributed by atoms with Crippen molar-refractivity contribution >= 4 is 5.91 Å². The van der Waals surface area contributed by atoms with Gasteiger partial charge in [-0.2, -0.15) is 0 Å². The van der Waals surface area contributed by atoms with E-state index in [1.54, 1.807) is 13.0 Å². The van der Waals surface area contributed by atoms with Crippen LogP contribution in [0.5, 0.6) is 0 Å². The molecule has 2 N–H and O–H groups in total. The van der Waals surface area contributed by atoms with E-state index in [0.29, 0.717) is 13.1 Å². The second-order valence-electron chi connectivity index (χ2n) is 3.99. The maximum Gasteiger partial charge on any atom is 0.254 e. The van der Waals surface area contributed by atoms with Crippen LogP contribution in [0.3, 0.4) is 0 Å². The van der Waals surface area contributed by atoms with Crippen LogP contribution in [0.2, 0.25) is 0 Å². The first-order valence-corrected chi connectivity index (χ1v) is 5.90. The van der Waals surface area contributed by atoms with E-state index in [2.05, 4.69) is 17.6 Å². The van der Waals surface area contributed by atoms with Gasteiger partial charge < -0.3 is 10.6 Å². The summed E-state index contributed by atoms with van der Waals surface area (Å²) in [4.78, 5) is 11.6. The predicted octanol–water partition coefficient (Wildman–Crippen LogP) is 1.86. The van der Waals surface area contributed by atoms with E-state index in [4.69, 9.17) is 0 Å². The van der Waals surface area contributed by atoms with Crippen molar-refractivity contribution in [2.24, 2.45) is 0 Å². The van der Waals surface area contributed by atoms with Crippen LogP contribution >= 0.6 is 0 Å². The van der Waals surface area contributed by atoms with Crippen molar-refractivity contribution in [2.45, 2.75) is 20.3 Å². The first kappa shape index (κ1) is 13.6. The summed E-state index contributed by atoms with van der Waals surface area (Å²) in [5, 5.41) is 5.83. The molecule has 0 saturated carbocycles. The average molecular weight is 238 g/mol. The maximum absolute atomic E-state index is 13.5. The van der Waals surface area contributed by atoms with E-state index in [9.17, 15) is 9.18 Å². The van der Waals surface area contributed by atoms with Crippen molar-refractivity contribution in [1.82, 2.24) is 10.6 Å². The quantitative estimate of drug-likeness (QED) is 0.743. The number of benzene rings is 1. The fraction of sp³-hybridized carbons (Fsp3) is 0.462. The van der Waals surface area contributed by atoms with Gasteiger partial charge in [0.25, 0.3) is 5.91 Å². The molecule has 3 nitrogen and oxygen atoms in total. The minimum Gasteiger partial charge on any atom is -0.351 e. The minimum absolute atomic E-state index is 0.103. The third-order valence-electron chi connectivity index (χ3n) is 2.38. The normalized spacial score (nSPS) is 10.3. The molecule has 0 spiro atoms. The number of halogens is 1. The Morgan fingerprint density at radius 1 is 1.29 bits per heavy atom. The molecule has 0 radical (unpaired) electrons. The largest absolute Gasteiger partial charge is 0.351 e. The Hall–Kier alpha value is -1.42. The van der Waals surface area contributed by atoms with Gasteiger partial charge in [-0.3, -0.25) is 4.79 Å². The molecule has 0 aliphatic carbocycles. The van der Waals surface area contributed by atoms with Crippen LogP contribution in [-0.4, -0.2) is 25.5 Å². The Bertz CT molecular complexity index is 380. The van der Waals surface area contributed by atoms with Crippen LogP contribution in [0.15, 0.2) is 18.2 Å². The third-order valence-corrected chi connectivity index (χ3v) is 2.38. The molecule has 0 saturated heterocycles. The second-order valence-corrected chi connectivity index (χ2v) is 3.99. The highest BCUT2D eigenvalue weighted by Gasteiger charge is 2.10. The fourth-order valence-corrected chi connectivity index (χ4v) is 1.47. The lowest BCUT2D eigenvalue weighted by atomic mass is 10.1. The van der Waals surface area contributed by atoms with E-state index in [0.717, 1.165) is 18.5 Å². The Balaban J connectivity index is 2.42. The standard InChI is InChI=1S/C13H19FN2O/c1-3-6-15-7-8-16-13(17)11-5-4-10(2)9-12(11)14/h4-5,9,15H,3,6-8H2,1-2H3,(H,16,17). The summed E-state index contributed by atoms with van der Waals surface area (Å²) in [6, 6.07) is 4.61. The van der Waals surface area contributed by atoms with Gasteiger partial charge in [-0.25, -0.2) is 4.39 Å². The topological polar surface area (TPSA) is 41.1 Å². The molecule has 1 aromatic carbocycles. The third kappa shape index (κ3) is 4.53. The minimum atomic E-state index is -0.469. The number of nitrogens with one attached hydrogen (secondary N) is 2. The van der Waals surface area contributed by atoms with Crippen molar-refractivity contribution in [2.75, 3.05) is 19.6 Å². The van der Waals surface area contributed by atoms with Gasteiger partial charge in [-0.15, -0.1) is 0 Å². The van der Waals surface area contributed by atoms with Crippen molar-refractivity contribution in [3.63, 3.8) is 0 Å².